The number of hydrogen-bond acceptors (Lipinski definition) is 7. The Kier molecular flexibility index (Phi) is 6.39. The fourth-order valence-electron chi connectivity index (χ4n) is 3.19. The Labute approximate surface area is 203 Å². The zero-order chi connectivity index (χ0) is 24.4. The van der Waals surface area contributed by atoms with Gasteiger partial charge in [0.25, 0.3) is 11.6 Å². The molecule has 4 rings (SSSR count). The molecule has 0 aliphatic rings. The first-order chi connectivity index (χ1) is 16.2. The van der Waals surface area contributed by atoms with Crippen molar-refractivity contribution in [2.24, 2.45) is 0 Å². The van der Waals surface area contributed by atoms with Crippen molar-refractivity contribution >= 4 is 57.2 Å². The van der Waals surface area contributed by atoms with E-state index >= 15 is 0 Å². The van der Waals surface area contributed by atoms with Crippen LogP contribution in [0.15, 0.2) is 54.6 Å². The SMILES string of the molecule is COc1ccc(-n2nc3cc(C)c(NC(=S)NC(=O)c4cccc([N+](=O)[O-])c4)cc3n2)cc1Cl. The average Bonchev–Trinajstić information content (AvgIpc) is 3.21. The lowest BCUT2D eigenvalue weighted by atomic mass is 10.1. The molecule has 3 aromatic carbocycles. The number of nitrogens with one attached hydrogen (secondary N) is 2. The minimum Gasteiger partial charge on any atom is -0.495 e. The zero-order valence-electron chi connectivity index (χ0n) is 17.9. The Hall–Kier alpha value is -4.09. The van der Waals surface area contributed by atoms with Gasteiger partial charge in [0.05, 0.1) is 22.7 Å². The summed E-state index contributed by atoms with van der Waals surface area (Å²) in [5.74, 6) is -0.0209. The van der Waals surface area contributed by atoms with Crippen molar-refractivity contribution in [3.8, 4) is 11.4 Å². The highest BCUT2D eigenvalue weighted by Gasteiger charge is 2.14. The molecular weight excluding hydrogens is 480 g/mol. The van der Waals surface area contributed by atoms with E-state index in [0.29, 0.717) is 33.2 Å². The highest BCUT2D eigenvalue weighted by atomic mass is 35.5. The normalized spacial score (nSPS) is 10.7. The number of hydrogen-bond donors (Lipinski definition) is 2. The van der Waals surface area contributed by atoms with Crippen LogP contribution in [0.5, 0.6) is 5.75 Å². The maximum Gasteiger partial charge on any atom is 0.270 e. The summed E-state index contributed by atoms with van der Waals surface area (Å²) in [7, 11) is 1.54. The molecule has 4 aromatic rings. The molecule has 1 amide bonds. The minimum atomic E-state index is -0.570. The first-order valence-corrected chi connectivity index (χ1v) is 10.6. The summed E-state index contributed by atoms with van der Waals surface area (Å²) >= 11 is 11.5. The van der Waals surface area contributed by atoms with E-state index < -0.39 is 10.8 Å². The molecule has 0 spiro atoms. The number of methoxy groups -OCH3 is 1. The van der Waals surface area contributed by atoms with Gasteiger partial charge in [0, 0.05) is 23.4 Å². The molecule has 0 saturated heterocycles. The summed E-state index contributed by atoms with van der Waals surface area (Å²) in [6.07, 6.45) is 0. The van der Waals surface area contributed by atoms with E-state index in [2.05, 4.69) is 20.8 Å². The van der Waals surface area contributed by atoms with Gasteiger partial charge in [-0.15, -0.1) is 10.2 Å². The van der Waals surface area contributed by atoms with Gasteiger partial charge in [-0.2, -0.15) is 4.80 Å². The highest BCUT2D eigenvalue weighted by molar-refractivity contribution is 7.80. The number of amides is 1. The number of carbonyl (C=O) groups is 1. The second-order valence-electron chi connectivity index (χ2n) is 7.18. The maximum atomic E-state index is 12.4. The summed E-state index contributed by atoms with van der Waals surface area (Å²) in [4.78, 5) is 24.3. The second kappa shape index (κ2) is 9.41. The Bertz CT molecular complexity index is 1450. The molecular formula is C22H17ClN6O4S. The predicted molar refractivity (Wildman–Crippen MR) is 132 cm³/mol. The van der Waals surface area contributed by atoms with E-state index in [-0.39, 0.29) is 16.4 Å². The summed E-state index contributed by atoms with van der Waals surface area (Å²) < 4.78 is 5.17. The Morgan fingerprint density at radius 1 is 1.15 bits per heavy atom. The smallest absolute Gasteiger partial charge is 0.270 e. The Morgan fingerprint density at radius 2 is 1.88 bits per heavy atom. The first kappa shape index (κ1) is 23.1. The number of rotatable bonds is 5. The molecule has 0 bridgehead atoms. The molecule has 1 heterocycles. The molecule has 34 heavy (non-hydrogen) atoms. The topological polar surface area (TPSA) is 124 Å². The largest absolute Gasteiger partial charge is 0.495 e. The first-order valence-electron chi connectivity index (χ1n) is 9.83. The van der Waals surface area contributed by atoms with Crippen LogP contribution >= 0.6 is 23.8 Å². The van der Waals surface area contributed by atoms with Crippen molar-refractivity contribution in [2.75, 3.05) is 12.4 Å². The van der Waals surface area contributed by atoms with Crippen LogP contribution in [0, 0.1) is 17.0 Å². The molecule has 172 valence electrons. The molecule has 0 fully saturated rings. The fraction of sp³-hybridized carbons (Fsp3) is 0.0909. The number of benzene rings is 3. The molecule has 2 N–H and O–H groups in total. The van der Waals surface area contributed by atoms with E-state index in [4.69, 9.17) is 28.6 Å². The third kappa shape index (κ3) is 4.80. The van der Waals surface area contributed by atoms with Crippen LogP contribution in [-0.4, -0.2) is 38.0 Å². The standard InChI is InChI=1S/C22H17ClN6O4S/c1-12-8-18-19(27-28(26-18)14-6-7-20(33-2)16(23)10-14)11-17(12)24-22(34)25-21(30)13-4-3-5-15(9-13)29(31)32/h3-11H,1-2H3,(H2,24,25,30,34). The van der Waals surface area contributed by atoms with Gasteiger partial charge in [0.2, 0.25) is 0 Å². The van der Waals surface area contributed by atoms with Crippen molar-refractivity contribution in [3.63, 3.8) is 0 Å². The monoisotopic (exact) mass is 496 g/mol. The zero-order valence-corrected chi connectivity index (χ0v) is 19.5. The summed E-state index contributed by atoms with van der Waals surface area (Å²) in [6, 6.07) is 14.2. The van der Waals surface area contributed by atoms with Gasteiger partial charge in [0.1, 0.15) is 16.8 Å². The van der Waals surface area contributed by atoms with Crippen LogP contribution in [0.1, 0.15) is 15.9 Å². The lowest BCUT2D eigenvalue weighted by molar-refractivity contribution is -0.384. The predicted octanol–water partition coefficient (Wildman–Crippen LogP) is 4.43. The van der Waals surface area contributed by atoms with Gasteiger partial charge >= 0.3 is 0 Å². The summed E-state index contributed by atoms with van der Waals surface area (Å²) in [5, 5.41) is 25.9. The number of nitro groups is 1. The molecule has 10 nitrogen and oxygen atoms in total. The third-order valence-electron chi connectivity index (χ3n) is 4.89. The summed E-state index contributed by atoms with van der Waals surface area (Å²) in [5.41, 5.74) is 3.28. The number of anilines is 1. The highest BCUT2D eigenvalue weighted by Crippen LogP contribution is 2.27. The van der Waals surface area contributed by atoms with E-state index in [0.717, 1.165) is 5.56 Å². The Morgan fingerprint density at radius 3 is 2.56 bits per heavy atom. The fourth-order valence-corrected chi connectivity index (χ4v) is 3.64. The van der Waals surface area contributed by atoms with Gasteiger partial charge in [-0.05, 0) is 61.1 Å². The number of halogens is 1. The Balaban J connectivity index is 1.53. The molecule has 12 heteroatoms. The molecule has 0 aliphatic carbocycles. The number of aromatic nitrogens is 3. The van der Waals surface area contributed by atoms with Gasteiger partial charge in [0.15, 0.2) is 5.11 Å². The number of non-ortho nitro benzene ring substituents is 1. The van der Waals surface area contributed by atoms with Gasteiger partial charge < -0.3 is 10.1 Å². The molecule has 0 unspecified atom stereocenters. The van der Waals surface area contributed by atoms with Crippen molar-refractivity contribution in [1.29, 1.82) is 0 Å². The quantitative estimate of drug-likeness (QED) is 0.236. The molecule has 0 atom stereocenters. The number of nitrogens with zero attached hydrogens (tertiary/aromatic N) is 4. The van der Waals surface area contributed by atoms with Crippen LogP contribution < -0.4 is 15.4 Å². The number of fused-ring (bicyclic) bond motifs is 1. The lowest BCUT2D eigenvalue weighted by Crippen LogP contribution is -2.34. The number of carbonyl (C=O) groups excluding carboxylic acids is 1. The van der Waals surface area contributed by atoms with Gasteiger partial charge in [-0.25, -0.2) is 0 Å². The van der Waals surface area contributed by atoms with Crippen molar-refractivity contribution in [3.05, 3.63) is 80.9 Å². The van der Waals surface area contributed by atoms with Crippen molar-refractivity contribution in [2.45, 2.75) is 6.92 Å². The van der Waals surface area contributed by atoms with Crippen LogP contribution in [0.2, 0.25) is 5.02 Å². The van der Waals surface area contributed by atoms with Gasteiger partial charge in [-0.1, -0.05) is 17.7 Å². The van der Waals surface area contributed by atoms with E-state index in [1.54, 1.807) is 24.3 Å². The minimum absolute atomic E-state index is 0.0354. The molecule has 0 saturated carbocycles. The van der Waals surface area contributed by atoms with Gasteiger partial charge in [-0.3, -0.25) is 20.2 Å². The van der Waals surface area contributed by atoms with Crippen LogP contribution in [0.4, 0.5) is 11.4 Å². The number of thiocarbonyl (C=S) groups is 1. The van der Waals surface area contributed by atoms with Crippen LogP contribution in [0.25, 0.3) is 16.7 Å². The maximum absolute atomic E-state index is 12.4. The molecule has 1 aromatic heterocycles. The van der Waals surface area contributed by atoms with E-state index in [9.17, 15) is 14.9 Å². The number of aryl methyl sites for hydroxylation is 1. The lowest BCUT2D eigenvalue weighted by Gasteiger charge is -2.11. The summed E-state index contributed by atoms with van der Waals surface area (Å²) in [6.45, 7) is 1.86. The molecule has 0 aliphatic heterocycles. The van der Waals surface area contributed by atoms with E-state index in [1.165, 1.54) is 36.2 Å². The number of nitro benzene ring substituents is 1. The second-order valence-corrected chi connectivity index (χ2v) is 8.00. The third-order valence-corrected chi connectivity index (χ3v) is 5.39. The van der Waals surface area contributed by atoms with Crippen molar-refractivity contribution < 1.29 is 14.5 Å². The van der Waals surface area contributed by atoms with Crippen LogP contribution in [-0.2, 0) is 0 Å². The van der Waals surface area contributed by atoms with Crippen molar-refractivity contribution in [1.82, 2.24) is 20.3 Å². The van der Waals surface area contributed by atoms with E-state index in [1.807, 2.05) is 13.0 Å². The number of ether oxygens (including phenoxy) is 1. The van der Waals surface area contributed by atoms with Crippen LogP contribution in [0.3, 0.4) is 0 Å². The average molecular weight is 497 g/mol. The molecule has 0 radical (unpaired) electrons.